The quantitative estimate of drug-likeness (QED) is 0.877. The molecule has 2 aromatic rings. The molecule has 1 fully saturated rings. The molecule has 1 saturated heterocycles. The number of methoxy groups -OCH3 is 1. The number of hydrogen-bond donors (Lipinski definition) is 1. The van der Waals surface area contributed by atoms with E-state index in [4.69, 9.17) is 4.74 Å². The maximum Gasteiger partial charge on any atom is 0.131 e. The van der Waals surface area contributed by atoms with Crippen LogP contribution in [-0.4, -0.2) is 25.2 Å². The summed E-state index contributed by atoms with van der Waals surface area (Å²) in [7, 11) is 1.54. The van der Waals surface area contributed by atoms with Crippen molar-refractivity contribution in [2.75, 3.05) is 25.1 Å². The van der Waals surface area contributed by atoms with Gasteiger partial charge in [-0.2, -0.15) is 0 Å². The largest absolute Gasteiger partial charge is 0.497 e. The molecule has 0 aliphatic carbocycles. The van der Waals surface area contributed by atoms with Gasteiger partial charge in [0.05, 0.1) is 7.11 Å². The van der Waals surface area contributed by atoms with Crippen LogP contribution in [0.15, 0.2) is 36.5 Å². The van der Waals surface area contributed by atoms with Crippen molar-refractivity contribution in [1.82, 2.24) is 10.3 Å². The first-order valence-corrected chi connectivity index (χ1v) is 8.44. The molecule has 1 aromatic heterocycles. The van der Waals surface area contributed by atoms with Crippen LogP contribution in [0.2, 0.25) is 0 Å². The first-order valence-electron chi connectivity index (χ1n) is 8.44. The van der Waals surface area contributed by atoms with E-state index in [0.717, 1.165) is 24.5 Å². The van der Waals surface area contributed by atoms with Crippen molar-refractivity contribution in [2.45, 2.75) is 32.4 Å². The summed E-state index contributed by atoms with van der Waals surface area (Å²) in [5.41, 5.74) is 1.73. The van der Waals surface area contributed by atoms with Crippen molar-refractivity contribution in [1.29, 1.82) is 0 Å². The summed E-state index contributed by atoms with van der Waals surface area (Å²) in [5, 5.41) is 3.35. The number of nitrogens with zero attached hydrogens (tertiary/aromatic N) is 2. The fourth-order valence-corrected chi connectivity index (χ4v) is 3.02. The molecule has 24 heavy (non-hydrogen) atoms. The topological polar surface area (TPSA) is 37.4 Å². The van der Waals surface area contributed by atoms with Crippen molar-refractivity contribution in [3.63, 3.8) is 0 Å². The molecule has 0 bridgehead atoms. The summed E-state index contributed by atoms with van der Waals surface area (Å²) in [4.78, 5) is 6.86. The third-order valence-corrected chi connectivity index (χ3v) is 4.53. The minimum absolute atomic E-state index is 0.0887. The Hall–Kier alpha value is -2.14. The molecule has 1 N–H and O–H groups in total. The first-order chi connectivity index (χ1) is 11.7. The predicted molar refractivity (Wildman–Crippen MR) is 93.9 cm³/mol. The fourth-order valence-electron chi connectivity index (χ4n) is 3.02. The predicted octanol–water partition coefficient (Wildman–Crippen LogP) is 3.68. The van der Waals surface area contributed by atoms with Gasteiger partial charge in [-0.25, -0.2) is 9.37 Å². The van der Waals surface area contributed by atoms with Crippen molar-refractivity contribution in [3.8, 4) is 5.75 Å². The van der Waals surface area contributed by atoms with E-state index in [1.54, 1.807) is 12.1 Å². The van der Waals surface area contributed by atoms with Crippen LogP contribution in [-0.2, 0) is 6.54 Å². The Bertz CT molecular complexity index is 669. The van der Waals surface area contributed by atoms with E-state index in [1.807, 2.05) is 13.1 Å². The standard InChI is InChI=1S/C19H24FN3O/c1-14(17-7-6-16(24-2)11-18(17)20)21-12-15-5-8-19(22-13-15)23-9-3-4-10-23/h5-8,11,13-14,21H,3-4,9-10,12H2,1-2H3/t14-/m0/s1. The Labute approximate surface area is 142 Å². The number of hydrogen-bond acceptors (Lipinski definition) is 4. The highest BCUT2D eigenvalue weighted by atomic mass is 19.1. The third kappa shape index (κ3) is 3.85. The van der Waals surface area contributed by atoms with Gasteiger partial charge in [0.1, 0.15) is 17.4 Å². The van der Waals surface area contributed by atoms with E-state index in [9.17, 15) is 4.39 Å². The van der Waals surface area contributed by atoms with Gasteiger partial charge in [0.25, 0.3) is 0 Å². The zero-order valence-corrected chi connectivity index (χ0v) is 14.3. The normalized spacial score (nSPS) is 15.5. The molecule has 128 valence electrons. The van der Waals surface area contributed by atoms with Crippen LogP contribution < -0.4 is 15.0 Å². The van der Waals surface area contributed by atoms with Crippen LogP contribution in [0, 0.1) is 5.82 Å². The summed E-state index contributed by atoms with van der Waals surface area (Å²) in [5.74, 6) is 1.33. The Morgan fingerprint density at radius 1 is 1.25 bits per heavy atom. The van der Waals surface area contributed by atoms with Gasteiger partial charge in [0, 0.05) is 43.5 Å². The van der Waals surface area contributed by atoms with E-state index in [1.165, 1.54) is 26.0 Å². The van der Waals surface area contributed by atoms with Crippen LogP contribution in [0.4, 0.5) is 10.2 Å². The summed E-state index contributed by atoms with van der Waals surface area (Å²) in [6.45, 7) is 4.80. The number of halogens is 1. The highest BCUT2D eigenvalue weighted by Gasteiger charge is 2.14. The second-order valence-electron chi connectivity index (χ2n) is 6.21. The summed E-state index contributed by atoms with van der Waals surface area (Å²) >= 11 is 0. The average molecular weight is 329 g/mol. The van der Waals surface area contributed by atoms with Gasteiger partial charge in [0.15, 0.2) is 0 Å². The molecule has 1 atom stereocenters. The lowest BCUT2D eigenvalue weighted by Crippen LogP contribution is -2.20. The maximum atomic E-state index is 14.1. The van der Waals surface area contributed by atoms with E-state index in [-0.39, 0.29) is 11.9 Å². The molecule has 4 nitrogen and oxygen atoms in total. The lowest BCUT2D eigenvalue weighted by molar-refractivity contribution is 0.409. The van der Waals surface area contributed by atoms with Gasteiger partial charge in [-0.1, -0.05) is 12.1 Å². The molecule has 1 aliphatic rings. The Morgan fingerprint density at radius 3 is 2.67 bits per heavy atom. The minimum Gasteiger partial charge on any atom is -0.497 e. The monoisotopic (exact) mass is 329 g/mol. The smallest absolute Gasteiger partial charge is 0.131 e. The SMILES string of the molecule is COc1ccc([C@H](C)NCc2ccc(N3CCCC3)nc2)c(F)c1. The molecular formula is C19H24FN3O. The maximum absolute atomic E-state index is 14.1. The van der Waals surface area contributed by atoms with E-state index in [2.05, 4.69) is 27.3 Å². The fraction of sp³-hybridized carbons (Fsp3) is 0.421. The van der Waals surface area contributed by atoms with Gasteiger partial charge in [-0.15, -0.1) is 0 Å². The van der Waals surface area contributed by atoms with Crippen molar-refractivity contribution >= 4 is 5.82 Å². The van der Waals surface area contributed by atoms with Gasteiger partial charge >= 0.3 is 0 Å². The molecule has 5 heteroatoms. The van der Waals surface area contributed by atoms with Crippen LogP contribution >= 0.6 is 0 Å². The Kier molecular flexibility index (Phi) is 5.30. The van der Waals surface area contributed by atoms with E-state index < -0.39 is 0 Å². The Balaban J connectivity index is 1.58. The molecule has 0 amide bonds. The molecule has 0 saturated carbocycles. The molecule has 0 radical (unpaired) electrons. The minimum atomic E-state index is -0.253. The number of benzene rings is 1. The number of pyridine rings is 1. The molecule has 1 aromatic carbocycles. The third-order valence-electron chi connectivity index (χ3n) is 4.53. The zero-order valence-electron chi connectivity index (χ0n) is 14.3. The van der Waals surface area contributed by atoms with Crippen molar-refractivity contribution in [2.24, 2.45) is 0 Å². The molecule has 3 rings (SSSR count). The second kappa shape index (κ2) is 7.62. The number of nitrogens with one attached hydrogen (secondary N) is 1. The number of anilines is 1. The number of aromatic nitrogens is 1. The summed E-state index contributed by atoms with van der Waals surface area (Å²) in [6, 6.07) is 9.03. The lowest BCUT2D eigenvalue weighted by atomic mass is 10.1. The van der Waals surface area contributed by atoms with Gasteiger partial charge in [0.2, 0.25) is 0 Å². The first kappa shape index (κ1) is 16.7. The van der Waals surface area contributed by atoms with Gasteiger partial charge in [-0.3, -0.25) is 0 Å². The van der Waals surface area contributed by atoms with Gasteiger partial charge in [-0.05, 0) is 37.5 Å². The molecular weight excluding hydrogens is 305 g/mol. The summed E-state index contributed by atoms with van der Waals surface area (Å²) < 4.78 is 19.1. The molecule has 2 heterocycles. The summed E-state index contributed by atoms with van der Waals surface area (Å²) in [6.07, 6.45) is 4.39. The zero-order chi connectivity index (χ0) is 16.9. The highest BCUT2D eigenvalue weighted by Crippen LogP contribution is 2.22. The lowest BCUT2D eigenvalue weighted by Gasteiger charge is -2.18. The van der Waals surface area contributed by atoms with Crippen LogP contribution in [0.3, 0.4) is 0 Å². The van der Waals surface area contributed by atoms with Crippen LogP contribution in [0.25, 0.3) is 0 Å². The van der Waals surface area contributed by atoms with E-state index in [0.29, 0.717) is 17.9 Å². The van der Waals surface area contributed by atoms with Crippen molar-refractivity contribution in [3.05, 3.63) is 53.5 Å². The van der Waals surface area contributed by atoms with Crippen LogP contribution in [0.1, 0.15) is 36.9 Å². The van der Waals surface area contributed by atoms with E-state index >= 15 is 0 Å². The highest BCUT2D eigenvalue weighted by molar-refractivity contribution is 5.40. The second-order valence-corrected chi connectivity index (χ2v) is 6.21. The van der Waals surface area contributed by atoms with Crippen LogP contribution in [0.5, 0.6) is 5.75 Å². The number of ether oxygens (including phenoxy) is 1. The average Bonchev–Trinajstić information content (AvgIpc) is 3.14. The number of rotatable bonds is 6. The van der Waals surface area contributed by atoms with Crippen molar-refractivity contribution < 1.29 is 9.13 Å². The molecule has 0 unspecified atom stereocenters. The Morgan fingerprint density at radius 2 is 2.04 bits per heavy atom. The molecule has 1 aliphatic heterocycles. The molecule has 0 spiro atoms. The van der Waals surface area contributed by atoms with Gasteiger partial charge < -0.3 is 15.0 Å².